The summed E-state index contributed by atoms with van der Waals surface area (Å²) < 4.78 is 24.9. The zero-order valence-electron chi connectivity index (χ0n) is 10.3. The zero-order valence-corrected chi connectivity index (χ0v) is 11.1. The van der Waals surface area contributed by atoms with E-state index in [-0.39, 0.29) is 25.5 Å². The molecule has 1 aromatic rings. The topological polar surface area (TPSA) is 128 Å². The molecule has 1 amide bonds. The maximum absolute atomic E-state index is 12.0. The van der Waals surface area contributed by atoms with Crippen LogP contribution in [0.3, 0.4) is 0 Å². The molecule has 0 bridgehead atoms. The van der Waals surface area contributed by atoms with E-state index in [1.807, 2.05) is 0 Å². The molecule has 19 heavy (non-hydrogen) atoms. The first-order chi connectivity index (χ1) is 8.86. The van der Waals surface area contributed by atoms with Crippen molar-refractivity contribution >= 4 is 21.9 Å². The van der Waals surface area contributed by atoms with E-state index in [1.54, 1.807) is 17.2 Å². The van der Waals surface area contributed by atoms with Gasteiger partial charge in [-0.1, -0.05) is 0 Å². The largest absolute Gasteiger partial charge is 0.382 e. The molecule has 1 fully saturated rings. The molecule has 1 saturated heterocycles. The van der Waals surface area contributed by atoms with Crippen LogP contribution in [0, 0.1) is 0 Å². The first-order valence-corrected chi connectivity index (χ1v) is 7.21. The van der Waals surface area contributed by atoms with E-state index in [0.29, 0.717) is 18.9 Å². The second-order valence-corrected chi connectivity index (χ2v) is 5.81. The van der Waals surface area contributed by atoms with Crippen molar-refractivity contribution in [1.29, 1.82) is 0 Å². The number of nitrogens with zero attached hydrogens (tertiary/aromatic N) is 4. The Morgan fingerprint density at radius 3 is 2.42 bits per heavy atom. The summed E-state index contributed by atoms with van der Waals surface area (Å²) >= 11 is 0. The summed E-state index contributed by atoms with van der Waals surface area (Å²) in [7, 11) is -3.67. The molecule has 2 rings (SSSR count). The van der Waals surface area contributed by atoms with Gasteiger partial charge in [0.2, 0.25) is 5.91 Å². The summed E-state index contributed by atoms with van der Waals surface area (Å²) in [6.45, 7) is 1.17. The van der Waals surface area contributed by atoms with E-state index in [2.05, 4.69) is 5.10 Å². The summed E-state index contributed by atoms with van der Waals surface area (Å²) in [5, 5.41) is 8.95. The Labute approximate surface area is 110 Å². The van der Waals surface area contributed by atoms with Crippen molar-refractivity contribution in [3.63, 3.8) is 0 Å². The number of aromatic nitrogens is 2. The smallest absolute Gasteiger partial charge is 0.277 e. The van der Waals surface area contributed by atoms with Gasteiger partial charge in [0.05, 0.1) is 0 Å². The number of nitrogens with two attached hydrogens (primary N) is 2. The number of hydrogen-bond acceptors (Lipinski definition) is 5. The van der Waals surface area contributed by atoms with E-state index in [9.17, 15) is 13.2 Å². The second kappa shape index (κ2) is 5.15. The fourth-order valence-electron chi connectivity index (χ4n) is 1.90. The maximum atomic E-state index is 12.0. The lowest BCUT2D eigenvalue weighted by molar-refractivity contribution is -0.133. The van der Waals surface area contributed by atoms with Gasteiger partial charge in [0.1, 0.15) is 12.4 Å². The Morgan fingerprint density at radius 2 is 1.95 bits per heavy atom. The molecule has 1 aliphatic heterocycles. The van der Waals surface area contributed by atoms with E-state index in [4.69, 9.17) is 10.9 Å². The average Bonchev–Trinajstić information content (AvgIpc) is 2.74. The first-order valence-electron chi connectivity index (χ1n) is 5.71. The molecule has 1 aliphatic rings. The molecule has 0 radical (unpaired) electrons. The molecule has 4 N–H and O–H groups in total. The van der Waals surface area contributed by atoms with Gasteiger partial charge in [-0.3, -0.25) is 9.48 Å². The molecular weight excluding hydrogens is 272 g/mol. The minimum atomic E-state index is -3.67. The van der Waals surface area contributed by atoms with Crippen molar-refractivity contribution in [2.24, 2.45) is 5.14 Å². The van der Waals surface area contributed by atoms with Crippen molar-refractivity contribution in [3.05, 3.63) is 12.3 Å². The third-order valence-corrected chi connectivity index (χ3v) is 3.99. The number of amides is 1. The summed E-state index contributed by atoms with van der Waals surface area (Å²) in [4.78, 5) is 13.5. The lowest BCUT2D eigenvalue weighted by Gasteiger charge is -2.32. The molecule has 0 saturated carbocycles. The minimum Gasteiger partial charge on any atom is -0.382 e. The third kappa shape index (κ3) is 3.43. The van der Waals surface area contributed by atoms with E-state index < -0.39 is 10.2 Å². The number of carbonyl (C=O) groups is 1. The first kappa shape index (κ1) is 13.8. The van der Waals surface area contributed by atoms with Gasteiger partial charge in [0.25, 0.3) is 10.2 Å². The average molecular weight is 288 g/mol. The maximum Gasteiger partial charge on any atom is 0.277 e. The number of rotatable bonds is 3. The van der Waals surface area contributed by atoms with Crippen LogP contribution in [0.15, 0.2) is 12.3 Å². The Hall–Kier alpha value is -1.65. The van der Waals surface area contributed by atoms with Gasteiger partial charge in [0, 0.05) is 32.4 Å². The highest BCUT2D eigenvalue weighted by atomic mass is 32.2. The standard InChI is InChI=1S/C9H16N6O3S/c10-8-1-2-14(12-8)7-9(16)13-3-5-15(6-4-13)19(11,17)18/h1-2H,3-7H2,(H2,10,12)(H2,11,17,18). The van der Waals surface area contributed by atoms with Gasteiger partial charge in [-0.25, -0.2) is 5.14 Å². The summed E-state index contributed by atoms with van der Waals surface area (Å²) in [5.41, 5.74) is 5.45. The molecule has 9 nitrogen and oxygen atoms in total. The van der Waals surface area contributed by atoms with Crippen LogP contribution in [-0.4, -0.2) is 59.5 Å². The molecule has 10 heteroatoms. The van der Waals surface area contributed by atoms with Gasteiger partial charge in [-0.2, -0.15) is 17.8 Å². The summed E-state index contributed by atoms with van der Waals surface area (Å²) in [5.74, 6) is 0.226. The monoisotopic (exact) mass is 288 g/mol. The molecule has 0 aromatic carbocycles. The van der Waals surface area contributed by atoms with Gasteiger partial charge in [-0.05, 0) is 6.07 Å². The van der Waals surface area contributed by atoms with Gasteiger partial charge in [0.15, 0.2) is 0 Å². The van der Waals surface area contributed by atoms with Crippen LogP contribution >= 0.6 is 0 Å². The third-order valence-electron chi connectivity index (χ3n) is 2.91. The number of anilines is 1. The van der Waals surface area contributed by atoms with Crippen molar-refractivity contribution in [2.75, 3.05) is 31.9 Å². The predicted octanol–water partition coefficient (Wildman–Crippen LogP) is -2.19. The van der Waals surface area contributed by atoms with Crippen LogP contribution < -0.4 is 10.9 Å². The van der Waals surface area contributed by atoms with Crippen molar-refractivity contribution in [3.8, 4) is 0 Å². The molecular formula is C9H16N6O3S. The summed E-state index contributed by atoms with van der Waals surface area (Å²) in [6.07, 6.45) is 1.62. The normalized spacial score (nSPS) is 17.6. The molecule has 1 aromatic heterocycles. The van der Waals surface area contributed by atoms with E-state index in [1.165, 1.54) is 4.68 Å². The lowest BCUT2D eigenvalue weighted by Crippen LogP contribution is -2.52. The number of carbonyl (C=O) groups excluding carboxylic acids is 1. The Kier molecular flexibility index (Phi) is 3.73. The Balaban J connectivity index is 1.89. The van der Waals surface area contributed by atoms with E-state index in [0.717, 1.165) is 4.31 Å². The SMILES string of the molecule is Nc1ccn(CC(=O)N2CCN(S(N)(=O)=O)CC2)n1. The molecule has 0 spiro atoms. The Morgan fingerprint density at radius 1 is 1.32 bits per heavy atom. The number of hydrogen-bond donors (Lipinski definition) is 2. The Bertz CT molecular complexity index is 560. The molecule has 2 heterocycles. The number of nitrogen functional groups attached to an aromatic ring is 1. The van der Waals surface area contributed by atoms with Gasteiger partial charge in [-0.15, -0.1) is 0 Å². The van der Waals surface area contributed by atoms with Crippen LogP contribution in [0.5, 0.6) is 0 Å². The summed E-state index contributed by atoms with van der Waals surface area (Å²) in [6, 6.07) is 1.60. The lowest BCUT2D eigenvalue weighted by atomic mass is 10.3. The molecule has 106 valence electrons. The van der Waals surface area contributed by atoms with E-state index >= 15 is 0 Å². The highest BCUT2D eigenvalue weighted by Gasteiger charge is 2.26. The highest BCUT2D eigenvalue weighted by molar-refractivity contribution is 7.86. The highest BCUT2D eigenvalue weighted by Crippen LogP contribution is 2.06. The predicted molar refractivity (Wildman–Crippen MR) is 67.9 cm³/mol. The van der Waals surface area contributed by atoms with Crippen LogP contribution in [0.25, 0.3) is 0 Å². The molecule has 0 atom stereocenters. The van der Waals surface area contributed by atoms with Crippen molar-refractivity contribution in [1.82, 2.24) is 19.0 Å². The molecule has 0 aliphatic carbocycles. The van der Waals surface area contributed by atoms with Crippen LogP contribution in [-0.2, 0) is 21.5 Å². The quantitative estimate of drug-likeness (QED) is 0.653. The van der Waals surface area contributed by atoms with Gasteiger partial charge >= 0.3 is 0 Å². The van der Waals surface area contributed by atoms with Gasteiger partial charge < -0.3 is 10.6 Å². The second-order valence-electron chi connectivity index (χ2n) is 4.26. The van der Waals surface area contributed by atoms with Crippen molar-refractivity contribution in [2.45, 2.75) is 6.54 Å². The fraction of sp³-hybridized carbons (Fsp3) is 0.556. The van der Waals surface area contributed by atoms with Crippen LogP contribution in [0.4, 0.5) is 5.82 Å². The van der Waals surface area contributed by atoms with Crippen molar-refractivity contribution < 1.29 is 13.2 Å². The molecule has 0 unspecified atom stereocenters. The minimum absolute atomic E-state index is 0.0899. The number of piperazine rings is 1. The zero-order chi connectivity index (χ0) is 14.0. The van der Waals surface area contributed by atoms with Crippen LogP contribution in [0.2, 0.25) is 0 Å². The van der Waals surface area contributed by atoms with Crippen LogP contribution in [0.1, 0.15) is 0 Å². The fourth-order valence-corrected chi connectivity index (χ4v) is 2.57.